The van der Waals surface area contributed by atoms with Crippen molar-refractivity contribution in [1.82, 2.24) is 0 Å². The van der Waals surface area contributed by atoms with Crippen LogP contribution in [0.2, 0.25) is 0 Å². The van der Waals surface area contributed by atoms with Crippen LogP contribution in [0.5, 0.6) is 0 Å². The van der Waals surface area contributed by atoms with Gasteiger partial charge in [-0.3, -0.25) is 4.79 Å². The smallest absolute Gasteiger partial charge is 0.243 e. The quantitative estimate of drug-likeness (QED) is 0.844. The molecule has 2 aromatic carbocycles. The van der Waals surface area contributed by atoms with Gasteiger partial charge >= 0.3 is 0 Å². The van der Waals surface area contributed by atoms with E-state index in [1.807, 2.05) is 32.0 Å². The van der Waals surface area contributed by atoms with Gasteiger partial charge in [0.2, 0.25) is 5.91 Å². The number of amides is 1. The van der Waals surface area contributed by atoms with E-state index in [1.165, 1.54) is 0 Å². The minimum atomic E-state index is -1.61. The van der Waals surface area contributed by atoms with Crippen LogP contribution in [0.3, 0.4) is 0 Å². The first kappa shape index (κ1) is 15.9. The number of benzene rings is 2. The number of anilines is 2. The summed E-state index contributed by atoms with van der Waals surface area (Å²) in [6.45, 7) is 3.72. The lowest BCUT2D eigenvalue weighted by molar-refractivity contribution is -0.114. The summed E-state index contributed by atoms with van der Waals surface area (Å²) in [5, 5.41) is 5.10. The SMILES string of the molecule is Cc1ccc(NCC(=O)Nc2ccc(F)c(F)c2F)c(C)c1. The lowest BCUT2D eigenvalue weighted by Crippen LogP contribution is -2.23. The second-order valence-electron chi connectivity index (χ2n) is 4.94. The minimum absolute atomic E-state index is 0.123. The molecule has 0 radical (unpaired) electrons. The summed E-state index contributed by atoms with van der Waals surface area (Å²) in [6.07, 6.45) is 0. The molecule has 22 heavy (non-hydrogen) atoms. The number of carbonyl (C=O) groups is 1. The molecular weight excluding hydrogens is 293 g/mol. The molecule has 2 rings (SSSR count). The lowest BCUT2D eigenvalue weighted by atomic mass is 10.1. The average molecular weight is 308 g/mol. The maximum atomic E-state index is 13.4. The molecule has 0 aliphatic heterocycles. The van der Waals surface area contributed by atoms with E-state index in [9.17, 15) is 18.0 Å². The fraction of sp³-hybridized carbons (Fsp3) is 0.188. The maximum Gasteiger partial charge on any atom is 0.243 e. The minimum Gasteiger partial charge on any atom is -0.376 e. The van der Waals surface area contributed by atoms with Gasteiger partial charge in [0.15, 0.2) is 17.5 Å². The van der Waals surface area contributed by atoms with Gasteiger partial charge < -0.3 is 10.6 Å². The number of carbonyl (C=O) groups excluding carboxylic acids is 1. The van der Waals surface area contributed by atoms with Gasteiger partial charge in [0.05, 0.1) is 12.2 Å². The number of rotatable bonds is 4. The van der Waals surface area contributed by atoms with E-state index < -0.39 is 29.0 Å². The van der Waals surface area contributed by atoms with Crippen molar-refractivity contribution in [2.75, 3.05) is 17.2 Å². The zero-order valence-electron chi connectivity index (χ0n) is 12.1. The first-order chi connectivity index (χ1) is 10.4. The summed E-state index contributed by atoms with van der Waals surface area (Å²) >= 11 is 0. The Bertz CT molecular complexity index is 717. The molecule has 2 aromatic rings. The summed E-state index contributed by atoms with van der Waals surface area (Å²) in [7, 11) is 0. The molecule has 0 spiro atoms. The molecule has 0 saturated heterocycles. The van der Waals surface area contributed by atoms with Crippen molar-refractivity contribution >= 4 is 17.3 Å². The lowest BCUT2D eigenvalue weighted by Gasteiger charge is -2.11. The van der Waals surface area contributed by atoms with Gasteiger partial charge in [-0.2, -0.15) is 0 Å². The zero-order valence-corrected chi connectivity index (χ0v) is 12.1. The van der Waals surface area contributed by atoms with Gasteiger partial charge in [-0.25, -0.2) is 13.2 Å². The van der Waals surface area contributed by atoms with Crippen LogP contribution in [-0.4, -0.2) is 12.5 Å². The largest absolute Gasteiger partial charge is 0.376 e. The zero-order chi connectivity index (χ0) is 16.3. The van der Waals surface area contributed by atoms with Crippen LogP contribution < -0.4 is 10.6 Å². The topological polar surface area (TPSA) is 41.1 Å². The molecule has 0 aromatic heterocycles. The third-order valence-corrected chi connectivity index (χ3v) is 3.13. The van der Waals surface area contributed by atoms with Crippen LogP contribution in [0.15, 0.2) is 30.3 Å². The second-order valence-corrected chi connectivity index (χ2v) is 4.94. The normalized spacial score (nSPS) is 10.4. The van der Waals surface area contributed by atoms with E-state index in [0.29, 0.717) is 0 Å². The van der Waals surface area contributed by atoms with E-state index in [0.717, 1.165) is 28.9 Å². The van der Waals surface area contributed by atoms with Crippen LogP contribution in [0.25, 0.3) is 0 Å². The molecule has 0 unspecified atom stereocenters. The Hall–Kier alpha value is -2.50. The van der Waals surface area contributed by atoms with Crippen molar-refractivity contribution in [2.24, 2.45) is 0 Å². The van der Waals surface area contributed by atoms with Crippen molar-refractivity contribution in [1.29, 1.82) is 0 Å². The summed E-state index contributed by atoms with van der Waals surface area (Å²) < 4.78 is 39.3. The predicted molar refractivity (Wildman–Crippen MR) is 79.4 cm³/mol. The van der Waals surface area contributed by atoms with Gasteiger partial charge in [0, 0.05) is 5.69 Å². The first-order valence-electron chi connectivity index (χ1n) is 6.63. The molecule has 2 N–H and O–H groups in total. The molecule has 6 heteroatoms. The highest BCUT2D eigenvalue weighted by Gasteiger charge is 2.15. The molecule has 0 atom stereocenters. The van der Waals surface area contributed by atoms with Gasteiger partial charge in [-0.1, -0.05) is 17.7 Å². The summed E-state index contributed by atoms with van der Waals surface area (Å²) in [4.78, 5) is 11.8. The monoisotopic (exact) mass is 308 g/mol. The molecule has 0 saturated carbocycles. The van der Waals surface area contributed by atoms with E-state index in [2.05, 4.69) is 10.6 Å². The number of hydrogen-bond donors (Lipinski definition) is 2. The highest BCUT2D eigenvalue weighted by molar-refractivity contribution is 5.93. The Morgan fingerprint density at radius 3 is 2.36 bits per heavy atom. The van der Waals surface area contributed by atoms with E-state index in [4.69, 9.17) is 0 Å². The Morgan fingerprint density at radius 2 is 1.68 bits per heavy atom. The Labute approximate surface area is 126 Å². The first-order valence-corrected chi connectivity index (χ1v) is 6.63. The van der Waals surface area contributed by atoms with Crippen LogP contribution >= 0.6 is 0 Å². The molecule has 3 nitrogen and oxygen atoms in total. The predicted octanol–water partition coefficient (Wildman–Crippen LogP) is 3.77. The number of halogens is 3. The highest BCUT2D eigenvalue weighted by atomic mass is 19.2. The van der Waals surface area contributed by atoms with Crippen molar-refractivity contribution in [3.8, 4) is 0 Å². The van der Waals surface area contributed by atoms with Gasteiger partial charge in [0.1, 0.15) is 0 Å². The molecular formula is C16H15F3N2O. The van der Waals surface area contributed by atoms with Crippen LogP contribution in [-0.2, 0) is 4.79 Å². The molecule has 0 fully saturated rings. The Morgan fingerprint density at radius 1 is 1.00 bits per heavy atom. The Kier molecular flexibility index (Phi) is 4.70. The fourth-order valence-corrected chi connectivity index (χ4v) is 2.00. The van der Waals surface area contributed by atoms with Crippen molar-refractivity contribution in [2.45, 2.75) is 13.8 Å². The van der Waals surface area contributed by atoms with Crippen LogP contribution in [0.1, 0.15) is 11.1 Å². The van der Waals surface area contributed by atoms with Crippen LogP contribution in [0.4, 0.5) is 24.5 Å². The molecule has 1 amide bonds. The van der Waals surface area contributed by atoms with E-state index in [-0.39, 0.29) is 6.54 Å². The second kappa shape index (κ2) is 6.51. The number of hydrogen-bond acceptors (Lipinski definition) is 2. The van der Waals surface area contributed by atoms with Crippen molar-refractivity contribution < 1.29 is 18.0 Å². The molecule has 0 aliphatic carbocycles. The third-order valence-electron chi connectivity index (χ3n) is 3.13. The summed E-state index contributed by atoms with van der Waals surface area (Å²) in [6, 6.07) is 7.40. The molecule has 116 valence electrons. The Balaban J connectivity index is 2.00. The van der Waals surface area contributed by atoms with E-state index >= 15 is 0 Å². The van der Waals surface area contributed by atoms with E-state index in [1.54, 1.807) is 0 Å². The number of nitrogens with one attached hydrogen (secondary N) is 2. The van der Waals surface area contributed by atoms with Crippen molar-refractivity contribution in [3.05, 3.63) is 58.9 Å². The molecule has 0 heterocycles. The maximum absolute atomic E-state index is 13.4. The summed E-state index contributed by atoms with van der Waals surface area (Å²) in [5.41, 5.74) is 2.43. The van der Waals surface area contributed by atoms with Gasteiger partial charge in [0.25, 0.3) is 0 Å². The third kappa shape index (κ3) is 3.58. The average Bonchev–Trinajstić information content (AvgIpc) is 2.47. The fourth-order valence-electron chi connectivity index (χ4n) is 2.00. The van der Waals surface area contributed by atoms with Crippen molar-refractivity contribution in [3.63, 3.8) is 0 Å². The molecule has 0 aliphatic rings. The summed E-state index contributed by atoms with van der Waals surface area (Å²) in [5.74, 6) is -4.89. The standard InChI is InChI=1S/C16H15F3N2O/c1-9-3-5-12(10(2)7-9)20-8-14(22)21-13-6-4-11(17)15(18)16(13)19/h3-7,20H,8H2,1-2H3,(H,21,22). The van der Waals surface area contributed by atoms with Gasteiger partial charge in [-0.05, 0) is 37.6 Å². The van der Waals surface area contributed by atoms with Gasteiger partial charge in [-0.15, -0.1) is 0 Å². The van der Waals surface area contributed by atoms with Crippen LogP contribution in [0, 0.1) is 31.3 Å². The molecule has 0 bridgehead atoms. The number of aryl methyl sites for hydroxylation is 2. The highest BCUT2D eigenvalue weighted by Crippen LogP contribution is 2.20.